The fourth-order valence-electron chi connectivity index (χ4n) is 3.36. The first-order valence-corrected chi connectivity index (χ1v) is 10.6. The zero-order valence-electron chi connectivity index (χ0n) is 17.6. The number of ether oxygens (including phenoxy) is 2. The highest BCUT2D eigenvalue weighted by molar-refractivity contribution is 6.32. The van der Waals surface area contributed by atoms with E-state index in [1.54, 1.807) is 20.4 Å². The molecule has 3 rings (SSSR count). The Bertz CT molecular complexity index is 815. The third-order valence-corrected chi connectivity index (χ3v) is 5.27. The number of anilines is 1. The van der Waals surface area contributed by atoms with Crippen LogP contribution in [0.4, 0.5) is 5.82 Å². The van der Waals surface area contributed by atoms with Crippen LogP contribution in [-0.4, -0.2) is 57.4 Å². The quantitative estimate of drug-likeness (QED) is 0.361. The predicted molar refractivity (Wildman–Crippen MR) is 122 cm³/mol. The number of guanidine groups is 1. The second-order valence-corrected chi connectivity index (χ2v) is 7.55. The first-order chi connectivity index (χ1) is 14.7. The first kappa shape index (κ1) is 22.2. The highest BCUT2D eigenvalue weighted by Crippen LogP contribution is 2.25. The van der Waals surface area contributed by atoms with Gasteiger partial charge >= 0.3 is 0 Å². The summed E-state index contributed by atoms with van der Waals surface area (Å²) in [5.41, 5.74) is 1.14. The minimum atomic E-state index is 0.306. The van der Waals surface area contributed by atoms with Crippen LogP contribution < -0.4 is 20.3 Å². The molecule has 1 aromatic heterocycles. The van der Waals surface area contributed by atoms with E-state index in [9.17, 15) is 0 Å². The molecule has 1 aliphatic rings. The molecule has 0 saturated carbocycles. The molecule has 0 amide bonds. The second kappa shape index (κ2) is 11.6. The number of rotatable bonds is 9. The molecule has 2 heterocycles. The SMILES string of the molecule is CN=C(NCCCOCc1ccc(OC)cc1)NC1CCN(c2ncccc2Cl)C1. The Morgan fingerprint density at radius 1 is 1.30 bits per heavy atom. The van der Waals surface area contributed by atoms with Crippen molar-refractivity contribution in [3.63, 3.8) is 0 Å². The summed E-state index contributed by atoms with van der Waals surface area (Å²) in [5, 5.41) is 7.53. The molecule has 2 aromatic rings. The molecule has 1 aromatic carbocycles. The van der Waals surface area contributed by atoms with E-state index in [0.717, 1.165) is 55.6 Å². The predicted octanol–water partition coefficient (Wildman–Crippen LogP) is 3.09. The number of hydrogen-bond donors (Lipinski definition) is 2. The molecular weight excluding hydrogens is 402 g/mol. The lowest BCUT2D eigenvalue weighted by Crippen LogP contribution is -2.45. The van der Waals surface area contributed by atoms with Gasteiger partial charge in [-0.25, -0.2) is 4.98 Å². The van der Waals surface area contributed by atoms with Gasteiger partial charge in [-0.05, 0) is 42.7 Å². The monoisotopic (exact) mass is 431 g/mol. The van der Waals surface area contributed by atoms with Crippen molar-refractivity contribution in [2.75, 3.05) is 45.3 Å². The van der Waals surface area contributed by atoms with Crippen molar-refractivity contribution < 1.29 is 9.47 Å². The standard InChI is InChI=1S/C22H30ClN5O2/c1-24-22(26-12-4-14-30-16-17-6-8-19(29-2)9-7-17)27-18-10-13-28(15-18)21-20(23)5-3-11-25-21/h3,5-9,11,18H,4,10,12-16H2,1-2H3,(H2,24,26,27). The van der Waals surface area contributed by atoms with E-state index in [1.807, 2.05) is 36.4 Å². The molecule has 30 heavy (non-hydrogen) atoms. The average molecular weight is 432 g/mol. The molecule has 162 valence electrons. The number of hydrogen-bond acceptors (Lipinski definition) is 5. The molecule has 1 saturated heterocycles. The number of aromatic nitrogens is 1. The maximum absolute atomic E-state index is 6.27. The molecule has 0 radical (unpaired) electrons. The van der Waals surface area contributed by atoms with Gasteiger partial charge in [-0.2, -0.15) is 0 Å². The summed E-state index contributed by atoms with van der Waals surface area (Å²) in [6.45, 7) is 3.86. The van der Waals surface area contributed by atoms with Crippen LogP contribution in [0.5, 0.6) is 5.75 Å². The minimum Gasteiger partial charge on any atom is -0.497 e. The number of aliphatic imine (C=N–C) groups is 1. The Morgan fingerprint density at radius 2 is 2.13 bits per heavy atom. The summed E-state index contributed by atoms with van der Waals surface area (Å²) in [6.07, 6.45) is 3.69. The van der Waals surface area contributed by atoms with Crippen molar-refractivity contribution in [1.29, 1.82) is 0 Å². The summed E-state index contributed by atoms with van der Waals surface area (Å²) >= 11 is 6.27. The molecule has 0 spiro atoms. The van der Waals surface area contributed by atoms with Crippen LogP contribution >= 0.6 is 11.6 Å². The van der Waals surface area contributed by atoms with Gasteiger partial charge < -0.3 is 25.0 Å². The number of nitrogens with zero attached hydrogens (tertiary/aromatic N) is 3. The zero-order chi connectivity index (χ0) is 21.2. The normalized spacial score (nSPS) is 16.6. The molecule has 7 nitrogen and oxygen atoms in total. The van der Waals surface area contributed by atoms with Crippen LogP contribution in [0.2, 0.25) is 5.02 Å². The van der Waals surface area contributed by atoms with Gasteiger partial charge in [-0.15, -0.1) is 0 Å². The van der Waals surface area contributed by atoms with Gasteiger partial charge in [0.1, 0.15) is 11.6 Å². The zero-order valence-corrected chi connectivity index (χ0v) is 18.4. The lowest BCUT2D eigenvalue weighted by Gasteiger charge is -2.20. The Kier molecular flexibility index (Phi) is 8.59. The summed E-state index contributed by atoms with van der Waals surface area (Å²) in [4.78, 5) is 10.9. The van der Waals surface area contributed by atoms with Crippen molar-refractivity contribution in [1.82, 2.24) is 15.6 Å². The molecule has 1 fully saturated rings. The first-order valence-electron chi connectivity index (χ1n) is 10.2. The van der Waals surface area contributed by atoms with Crippen LogP contribution in [0.25, 0.3) is 0 Å². The Balaban J connectivity index is 1.32. The largest absolute Gasteiger partial charge is 0.497 e. The molecule has 0 bridgehead atoms. The van der Waals surface area contributed by atoms with Crippen LogP contribution in [0, 0.1) is 0 Å². The molecule has 2 N–H and O–H groups in total. The number of methoxy groups -OCH3 is 1. The van der Waals surface area contributed by atoms with E-state index in [4.69, 9.17) is 21.1 Å². The lowest BCUT2D eigenvalue weighted by molar-refractivity contribution is 0.119. The van der Waals surface area contributed by atoms with Gasteiger partial charge in [0, 0.05) is 45.5 Å². The topological polar surface area (TPSA) is 71.0 Å². The number of pyridine rings is 1. The van der Waals surface area contributed by atoms with Crippen molar-refractivity contribution in [2.45, 2.75) is 25.5 Å². The van der Waals surface area contributed by atoms with Crippen LogP contribution in [0.1, 0.15) is 18.4 Å². The summed E-state index contributed by atoms with van der Waals surface area (Å²) in [5.74, 6) is 2.51. The fraction of sp³-hybridized carbons (Fsp3) is 0.455. The van der Waals surface area contributed by atoms with Crippen LogP contribution in [0.3, 0.4) is 0 Å². The molecular formula is C22H30ClN5O2. The van der Waals surface area contributed by atoms with E-state index in [2.05, 4.69) is 25.5 Å². The molecule has 1 aliphatic heterocycles. The van der Waals surface area contributed by atoms with E-state index in [-0.39, 0.29) is 0 Å². The molecule has 1 unspecified atom stereocenters. The van der Waals surface area contributed by atoms with E-state index >= 15 is 0 Å². The smallest absolute Gasteiger partial charge is 0.191 e. The number of halogens is 1. The third kappa shape index (κ3) is 6.50. The third-order valence-electron chi connectivity index (χ3n) is 4.98. The number of nitrogens with one attached hydrogen (secondary N) is 2. The highest BCUT2D eigenvalue weighted by Gasteiger charge is 2.25. The Hall–Kier alpha value is -2.51. The number of benzene rings is 1. The fourth-order valence-corrected chi connectivity index (χ4v) is 3.60. The maximum Gasteiger partial charge on any atom is 0.191 e. The van der Waals surface area contributed by atoms with Gasteiger partial charge in [-0.1, -0.05) is 23.7 Å². The summed E-state index contributed by atoms with van der Waals surface area (Å²) < 4.78 is 10.9. The Labute approximate surface area is 183 Å². The minimum absolute atomic E-state index is 0.306. The van der Waals surface area contributed by atoms with Gasteiger partial charge in [0.2, 0.25) is 0 Å². The summed E-state index contributed by atoms with van der Waals surface area (Å²) in [7, 11) is 3.46. The maximum atomic E-state index is 6.27. The average Bonchev–Trinajstić information content (AvgIpc) is 3.24. The second-order valence-electron chi connectivity index (χ2n) is 7.14. The van der Waals surface area contributed by atoms with Gasteiger partial charge in [0.25, 0.3) is 0 Å². The van der Waals surface area contributed by atoms with Crippen molar-refractivity contribution >= 4 is 23.4 Å². The van der Waals surface area contributed by atoms with E-state index < -0.39 is 0 Å². The van der Waals surface area contributed by atoms with E-state index in [1.165, 1.54) is 0 Å². The summed E-state index contributed by atoms with van der Waals surface area (Å²) in [6, 6.07) is 12.0. The van der Waals surface area contributed by atoms with Gasteiger partial charge in [-0.3, -0.25) is 4.99 Å². The molecule has 1 atom stereocenters. The van der Waals surface area contributed by atoms with E-state index in [0.29, 0.717) is 24.3 Å². The molecule has 8 heteroatoms. The van der Waals surface area contributed by atoms with Crippen molar-refractivity contribution in [2.24, 2.45) is 4.99 Å². The van der Waals surface area contributed by atoms with Crippen molar-refractivity contribution in [3.8, 4) is 5.75 Å². The van der Waals surface area contributed by atoms with Crippen LogP contribution in [0.15, 0.2) is 47.6 Å². The van der Waals surface area contributed by atoms with Crippen molar-refractivity contribution in [3.05, 3.63) is 53.2 Å². The lowest BCUT2D eigenvalue weighted by atomic mass is 10.2. The highest BCUT2D eigenvalue weighted by atomic mass is 35.5. The Morgan fingerprint density at radius 3 is 2.87 bits per heavy atom. The molecule has 0 aliphatic carbocycles. The van der Waals surface area contributed by atoms with Gasteiger partial charge in [0.15, 0.2) is 5.96 Å². The van der Waals surface area contributed by atoms with Gasteiger partial charge in [0.05, 0.1) is 18.7 Å². The van der Waals surface area contributed by atoms with Crippen LogP contribution in [-0.2, 0) is 11.3 Å².